The van der Waals surface area contributed by atoms with Crippen molar-refractivity contribution in [2.45, 2.75) is 33.2 Å². The lowest BCUT2D eigenvalue weighted by Crippen LogP contribution is -2.35. The summed E-state index contributed by atoms with van der Waals surface area (Å²) in [6, 6.07) is 2.82. The van der Waals surface area contributed by atoms with E-state index in [-0.39, 0.29) is 23.5 Å². The van der Waals surface area contributed by atoms with Crippen LogP contribution in [0.15, 0.2) is 12.1 Å². The van der Waals surface area contributed by atoms with E-state index in [1.165, 1.54) is 0 Å². The van der Waals surface area contributed by atoms with E-state index in [1.54, 1.807) is 12.1 Å². The number of carbonyl (C=O) groups is 1. The molecule has 0 unspecified atom stereocenters. The van der Waals surface area contributed by atoms with Crippen molar-refractivity contribution in [2.75, 3.05) is 31.3 Å². The molecule has 8 heteroatoms. The van der Waals surface area contributed by atoms with E-state index in [1.807, 2.05) is 20.8 Å². The molecule has 0 spiro atoms. The van der Waals surface area contributed by atoms with Gasteiger partial charge in [0, 0.05) is 11.6 Å². The normalized spacial score (nSPS) is 18.6. The van der Waals surface area contributed by atoms with Gasteiger partial charge in [0.15, 0.2) is 21.3 Å². The molecule has 0 radical (unpaired) electrons. The number of rotatable bonds is 8. The number of hydrogen-bond donors (Lipinski definition) is 1. The molecule has 1 aliphatic heterocycles. The average molecular weight is 371 g/mol. The summed E-state index contributed by atoms with van der Waals surface area (Å²) in [4.78, 5) is 12.5. The summed E-state index contributed by atoms with van der Waals surface area (Å²) in [5, 5.41) is 2.77. The van der Waals surface area contributed by atoms with Crippen LogP contribution in [0, 0.1) is 0 Å². The van der Waals surface area contributed by atoms with Crippen LogP contribution in [0.25, 0.3) is 0 Å². The van der Waals surface area contributed by atoms with E-state index < -0.39 is 9.84 Å². The van der Waals surface area contributed by atoms with E-state index in [2.05, 4.69) is 5.32 Å². The first-order chi connectivity index (χ1) is 11.9. The van der Waals surface area contributed by atoms with Crippen molar-refractivity contribution in [2.24, 2.45) is 0 Å². The molecule has 1 aliphatic rings. The standard InChI is InChI=1S/C17H25NO6S/c1-4-22-14-9-12(10-15(23-5-2)16(14)24-6-3)17(19)18-13-7-8-25(20,21)11-13/h9-10,13H,4-8,11H2,1-3H3,(H,18,19)/t13-/m0/s1. The van der Waals surface area contributed by atoms with Gasteiger partial charge in [-0.3, -0.25) is 4.79 Å². The number of ether oxygens (including phenoxy) is 3. The Bertz CT molecular complexity index is 689. The summed E-state index contributed by atoms with van der Waals surface area (Å²) in [6.45, 7) is 6.80. The predicted octanol–water partition coefficient (Wildman–Crippen LogP) is 1.80. The van der Waals surface area contributed by atoms with Crippen LogP contribution in [-0.2, 0) is 9.84 Å². The first kappa shape index (κ1) is 19.4. The first-order valence-electron chi connectivity index (χ1n) is 8.47. The monoisotopic (exact) mass is 371 g/mol. The maximum atomic E-state index is 12.5. The van der Waals surface area contributed by atoms with Crippen LogP contribution in [0.4, 0.5) is 0 Å². The highest BCUT2D eigenvalue weighted by molar-refractivity contribution is 7.91. The largest absolute Gasteiger partial charge is 0.490 e. The minimum Gasteiger partial charge on any atom is -0.490 e. The number of carbonyl (C=O) groups excluding carboxylic acids is 1. The summed E-state index contributed by atoms with van der Waals surface area (Å²) < 4.78 is 39.9. The second-order valence-corrected chi connectivity index (χ2v) is 7.90. The van der Waals surface area contributed by atoms with Crippen LogP contribution in [0.2, 0.25) is 0 Å². The van der Waals surface area contributed by atoms with Crippen molar-refractivity contribution in [3.8, 4) is 17.2 Å². The maximum absolute atomic E-state index is 12.5. The maximum Gasteiger partial charge on any atom is 0.251 e. The van der Waals surface area contributed by atoms with Gasteiger partial charge >= 0.3 is 0 Å². The summed E-state index contributed by atoms with van der Waals surface area (Å²) in [6.07, 6.45) is 0.432. The molecular formula is C17H25NO6S. The van der Waals surface area contributed by atoms with Crippen molar-refractivity contribution in [3.63, 3.8) is 0 Å². The Morgan fingerprint density at radius 1 is 1.08 bits per heavy atom. The fourth-order valence-corrected chi connectivity index (χ4v) is 4.37. The Kier molecular flexibility index (Phi) is 6.52. The minimum absolute atomic E-state index is 0.0214. The lowest BCUT2D eigenvalue weighted by molar-refractivity contribution is 0.0940. The third-order valence-corrected chi connectivity index (χ3v) is 5.51. The molecule has 7 nitrogen and oxygen atoms in total. The highest BCUT2D eigenvalue weighted by atomic mass is 32.2. The van der Waals surface area contributed by atoms with E-state index in [0.29, 0.717) is 49.1 Å². The van der Waals surface area contributed by atoms with Crippen LogP contribution in [-0.4, -0.2) is 51.7 Å². The van der Waals surface area contributed by atoms with Gasteiger partial charge in [0.1, 0.15) is 0 Å². The Labute approximate surface area is 148 Å². The fraction of sp³-hybridized carbons (Fsp3) is 0.588. The lowest BCUT2D eigenvalue weighted by Gasteiger charge is -2.18. The quantitative estimate of drug-likeness (QED) is 0.749. The van der Waals surface area contributed by atoms with E-state index in [0.717, 1.165) is 0 Å². The summed E-state index contributed by atoms with van der Waals surface area (Å²) in [5.74, 6) is 1.05. The average Bonchev–Trinajstić information content (AvgIpc) is 2.89. The molecule has 1 fully saturated rings. The number of sulfone groups is 1. The molecule has 25 heavy (non-hydrogen) atoms. The van der Waals surface area contributed by atoms with Crippen LogP contribution in [0.5, 0.6) is 17.2 Å². The zero-order valence-electron chi connectivity index (χ0n) is 14.8. The fourth-order valence-electron chi connectivity index (χ4n) is 2.70. The molecule has 140 valence electrons. The molecule has 1 amide bonds. The first-order valence-corrected chi connectivity index (χ1v) is 10.3. The van der Waals surface area contributed by atoms with Gasteiger partial charge in [0.25, 0.3) is 5.91 Å². The van der Waals surface area contributed by atoms with Gasteiger partial charge in [-0.15, -0.1) is 0 Å². The van der Waals surface area contributed by atoms with Gasteiger partial charge in [-0.25, -0.2) is 8.42 Å². The molecule has 1 aromatic rings. The smallest absolute Gasteiger partial charge is 0.251 e. The number of amides is 1. The molecular weight excluding hydrogens is 346 g/mol. The molecule has 2 rings (SSSR count). The summed E-state index contributed by atoms with van der Waals surface area (Å²) >= 11 is 0. The zero-order chi connectivity index (χ0) is 18.4. The second-order valence-electron chi connectivity index (χ2n) is 5.67. The van der Waals surface area contributed by atoms with Crippen molar-refractivity contribution < 1.29 is 27.4 Å². The summed E-state index contributed by atoms with van der Waals surface area (Å²) in [7, 11) is -3.06. The zero-order valence-corrected chi connectivity index (χ0v) is 15.6. The van der Waals surface area contributed by atoms with Gasteiger partial charge in [-0.05, 0) is 39.3 Å². The molecule has 0 aliphatic carbocycles. The summed E-state index contributed by atoms with van der Waals surface area (Å²) in [5.41, 5.74) is 0.347. The highest BCUT2D eigenvalue weighted by Crippen LogP contribution is 2.39. The highest BCUT2D eigenvalue weighted by Gasteiger charge is 2.29. The van der Waals surface area contributed by atoms with Crippen LogP contribution >= 0.6 is 0 Å². The number of benzene rings is 1. The lowest BCUT2D eigenvalue weighted by atomic mass is 10.1. The van der Waals surface area contributed by atoms with E-state index in [9.17, 15) is 13.2 Å². The van der Waals surface area contributed by atoms with Crippen LogP contribution in [0.3, 0.4) is 0 Å². The number of hydrogen-bond acceptors (Lipinski definition) is 6. The molecule has 1 atom stereocenters. The third-order valence-electron chi connectivity index (χ3n) is 3.74. The predicted molar refractivity (Wildman–Crippen MR) is 94.5 cm³/mol. The Balaban J connectivity index is 2.28. The Morgan fingerprint density at radius 3 is 2.08 bits per heavy atom. The molecule has 1 heterocycles. The molecule has 0 aromatic heterocycles. The van der Waals surface area contributed by atoms with Gasteiger partial charge < -0.3 is 19.5 Å². The van der Waals surface area contributed by atoms with Gasteiger partial charge in [-0.1, -0.05) is 0 Å². The van der Waals surface area contributed by atoms with E-state index in [4.69, 9.17) is 14.2 Å². The Hall–Kier alpha value is -1.96. The molecule has 1 aromatic carbocycles. The molecule has 1 saturated heterocycles. The van der Waals surface area contributed by atoms with Crippen molar-refractivity contribution >= 4 is 15.7 Å². The van der Waals surface area contributed by atoms with E-state index >= 15 is 0 Å². The third kappa shape index (κ3) is 5.01. The van der Waals surface area contributed by atoms with Gasteiger partial charge in [0.2, 0.25) is 5.75 Å². The van der Waals surface area contributed by atoms with Crippen molar-refractivity contribution in [3.05, 3.63) is 17.7 Å². The van der Waals surface area contributed by atoms with Gasteiger partial charge in [-0.2, -0.15) is 0 Å². The van der Waals surface area contributed by atoms with Crippen LogP contribution < -0.4 is 19.5 Å². The molecule has 1 N–H and O–H groups in total. The van der Waals surface area contributed by atoms with Gasteiger partial charge in [0.05, 0.1) is 31.3 Å². The van der Waals surface area contributed by atoms with Crippen molar-refractivity contribution in [1.29, 1.82) is 0 Å². The van der Waals surface area contributed by atoms with Crippen LogP contribution in [0.1, 0.15) is 37.6 Å². The Morgan fingerprint density at radius 2 is 1.64 bits per heavy atom. The number of nitrogens with one attached hydrogen (secondary N) is 1. The molecule has 0 bridgehead atoms. The SMILES string of the molecule is CCOc1cc(C(=O)N[C@H]2CCS(=O)(=O)C2)cc(OCC)c1OCC. The minimum atomic E-state index is -3.06. The molecule has 0 saturated carbocycles. The second kappa shape index (κ2) is 8.42. The van der Waals surface area contributed by atoms with Crippen molar-refractivity contribution in [1.82, 2.24) is 5.32 Å². The topological polar surface area (TPSA) is 90.9 Å².